The summed E-state index contributed by atoms with van der Waals surface area (Å²) in [7, 11) is 0. The van der Waals surface area contributed by atoms with Gasteiger partial charge < -0.3 is 9.90 Å². The van der Waals surface area contributed by atoms with Gasteiger partial charge >= 0.3 is 0 Å². The summed E-state index contributed by atoms with van der Waals surface area (Å²) in [6, 6.07) is 1.88. The minimum atomic E-state index is -1.09. The van der Waals surface area contributed by atoms with Crippen LogP contribution in [-0.2, 0) is 0 Å². The highest BCUT2D eigenvalue weighted by atomic mass is 16.4. The summed E-state index contributed by atoms with van der Waals surface area (Å²) in [5.74, 6) is -1.09. The molecule has 2 nitrogen and oxygen atoms in total. The van der Waals surface area contributed by atoms with Crippen molar-refractivity contribution in [3.05, 3.63) is 33.9 Å². The van der Waals surface area contributed by atoms with Gasteiger partial charge in [-0.2, -0.15) is 0 Å². The quantitative estimate of drug-likeness (QED) is 0.648. The average molecular weight is 177 g/mol. The summed E-state index contributed by atoms with van der Waals surface area (Å²) in [6.07, 6.45) is 0. The highest BCUT2D eigenvalue weighted by Crippen LogP contribution is 2.20. The Morgan fingerprint density at radius 2 is 1.62 bits per heavy atom. The molecule has 0 aliphatic rings. The van der Waals surface area contributed by atoms with E-state index in [4.69, 9.17) is 0 Å². The molecule has 1 rings (SSSR count). The fraction of sp³-hybridized carbons (Fsp3) is 0.364. The number of benzene rings is 1. The van der Waals surface area contributed by atoms with Crippen LogP contribution in [0.2, 0.25) is 0 Å². The second-order valence-electron chi connectivity index (χ2n) is 3.42. The zero-order chi connectivity index (χ0) is 10.2. The minimum absolute atomic E-state index is 0.336. The van der Waals surface area contributed by atoms with Gasteiger partial charge in [0, 0.05) is 5.56 Å². The van der Waals surface area contributed by atoms with Crippen LogP contribution in [0.15, 0.2) is 6.07 Å². The zero-order valence-corrected chi connectivity index (χ0v) is 8.39. The van der Waals surface area contributed by atoms with Crippen LogP contribution in [0.5, 0.6) is 0 Å². The number of hydrogen-bond acceptors (Lipinski definition) is 2. The Hall–Kier alpha value is -1.31. The Kier molecular flexibility index (Phi) is 2.41. The first-order chi connectivity index (χ1) is 5.95. The molecule has 0 amide bonds. The Morgan fingerprint density at radius 3 is 2.08 bits per heavy atom. The lowest BCUT2D eigenvalue weighted by atomic mass is 9.94. The van der Waals surface area contributed by atoms with Crippen LogP contribution in [-0.4, -0.2) is 5.97 Å². The van der Waals surface area contributed by atoms with Gasteiger partial charge in [-0.1, -0.05) is 6.07 Å². The van der Waals surface area contributed by atoms with E-state index in [0.717, 1.165) is 22.3 Å². The van der Waals surface area contributed by atoms with Crippen LogP contribution >= 0.6 is 0 Å². The molecule has 0 radical (unpaired) electrons. The van der Waals surface area contributed by atoms with E-state index in [2.05, 4.69) is 0 Å². The molecule has 0 aliphatic carbocycles. The van der Waals surface area contributed by atoms with Gasteiger partial charge in [0.1, 0.15) is 0 Å². The standard InChI is InChI=1S/C11H14O2/c1-6-5-7(2)10(11(12)13)9(4)8(6)3/h5H,1-4H3,(H,12,13)/p-1. The van der Waals surface area contributed by atoms with E-state index in [-0.39, 0.29) is 0 Å². The van der Waals surface area contributed by atoms with Gasteiger partial charge in [-0.05, 0) is 49.9 Å². The molecule has 0 saturated carbocycles. The molecule has 2 heteroatoms. The number of aryl methyl sites for hydroxylation is 2. The van der Waals surface area contributed by atoms with Crippen molar-refractivity contribution >= 4 is 5.97 Å². The van der Waals surface area contributed by atoms with Gasteiger partial charge in [0.15, 0.2) is 0 Å². The molecule has 0 heterocycles. The lowest BCUT2D eigenvalue weighted by molar-refractivity contribution is -0.255. The van der Waals surface area contributed by atoms with E-state index < -0.39 is 5.97 Å². The van der Waals surface area contributed by atoms with Gasteiger partial charge in [-0.15, -0.1) is 0 Å². The largest absolute Gasteiger partial charge is 0.545 e. The molecule has 0 aliphatic heterocycles. The van der Waals surface area contributed by atoms with Crippen molar-refractivity contribution in [2.24, 2.45) is 0 Å². The monoisotopic (exact) mass is 177 g/mol. The summed E-state index contributed by atoms with van der Waals surface area (Å²) >= 11 is 0. The topological polar surface area (TPSA) is 40.1 Å². The number of rotatable bonds is 1. The second-order valence-corrected chi connectivity index (χ2v) is 3.42. The first-order valence-electron chi connectivity index (χ1n) is 4.24. The SMILES string of the molecule is Cc1cc(C)c(C(=O)[O-])c(C)c1C. The van der Waals surface area contributed by atoms with Crippen molar-refractivity contribution in [1.29, 1.82) is 0 Å². The molecular formula is C11H13O2-. The third-order valence-electron chi connectivity index (χ3n) is 2.56. The number of carboxylic acid groups (broad SMARTS) is 1. The third kappa shape index (κ3) is 1.57. The van der Waals surface area contributed by atoms with Crippen LogP contribution in [0, 0.1) is 27.7 Å². The fourth-order valence-corrected chi connectivity index (χ4v) is 1.60. The zero-order valence-electron chi connectivity index (χ0n) is 8.39. The van der Waals surface area contributed by atoms with Crippen molar-refractivity contribution < 1.29 is 9.90 Å². The summed E-state index contributed by atoms with van der Waals surface area (Å²) in [4.78, 5) is 10.8. The van der Waals surface area contributed by atoms with E-state index in [9.17, 15) is 9.90 Å². The number of carbonyl (C=O) groups is 1. The lowest BCUT2D eigenvalue weighted by Gasteiger charge is -2.15. The van der Waals surface area contributed by atoms with Crippen LogP contribution in [0.3, 0.4) is 0 Å². The summed E-state index contributed by atoms with van der Waals surface area (Å²) in [6.45, 7) is 7.52. The van der Waals surface area contributed by atoms with Gasteiger partial charge in [0.05, 0.1) is 5.97 Å². The minimum Gasteiger partial charge on any atom is -0.545 e. The average Bonchev–Trinajstić information content (AvgIpc) is 1.99. The normalized spacial score (nSPS) is 10.2. The molecule has 13 heavy (non-hydrogen) atoms. The van der Waals surface area contributed by atoms with Gasteiger partial charge in [-0.3, -0.25) is 0 Å². The van der Waals surface area contributed by atoms with E-state index in [0.29, 0.717) is 5.56 Å². The predicted molar refractivity (Wildman–Crippen MR) is 49.7 cm³/mol. The van der Waals surface area contributed by atoms with Crippen molar-refractivity contribution in [2.45, 2.75) is 27.7 Å². The maximum atomic E-state index is 10.8. The molecule has 0 saturated heterocycles. The molecule has 0 aromatic heterocycles. The van der Waals surface area contributed by atoms with Crippen molar-refractivity contribution in [1.82, 2.24) is 0 Å². The van der Waals surface area contributed by atoms with Gasteiger partial charge in [0.2, 0.25) is 0 Å². The van der Waals surface area contributed by atoms with Crippen molar-refractivity contribution in [2.75, 3.05) is 0 Å². The Bertz CT molecular complexity index is 365. The second kappa shape index (κ2) is 3.21. The number of hydrogen-bond donors (Lipinski definition) is 0. The number of carboxylic acids is 1. The third-order valence-corrected chi connectivity index (χ3v) is 2.56. The lowest BCUT2D eigenvalue weighted by Crippen LogP contribution is -2.25. The smallest absolute Gasteiger partial charge is 0.0720 e. The molecule has 1 aromatic carbocycles. The van der Waals surface area contributed by atoms with E-state index in [1.807, 2.05) is 26.8 Å². The van der Waals surface area contributed by atoms with Crippen molar-refractivity contribution in [3.8, 4) is 0 Å². The molecule has 0 unspecified atom stereocenters. The van der Waals surface area contributed by atoms with E-state index in [1.54, 1.807) is 6.92 Å². The Labute approximate surface area is 78.2 Å². The predicted octanol–water partition coefficient (Wildman–Crippen LogP) is 1.28. The maximum absolute atomic E-state index is 10.8. The molecule has 0 fully saturated rings. The van der Waals surface area contributed by atoms with E-state index >= 15 is 0 Å². The van der Waals surface area contributed by atoms with Gasteiger partial charge in [0.25, 0.3) is 0 Å². The Balaban J connectivity index is 3.53. The van der Waals surface area contributed by atoms with E-state index in [1.165, 1.54) is 0 Å². The molecule has 0 spiro atoms. The molecule has 70 valence electrons. The molecule has 1 aromatic rings. The first kappa shape index (κ1) is 9.78. The van der Waals surface area contributed by atoms with Crippen LogP contribution in [0.25, 0.3) is 0 Å². The number of carbonyl (C=O) groups excluding carboxylic acids is 1. The fourth-order valence-electron chi connectivity index (χ4n) is 1.60. The highest BCUT2D eigenvalue weighted by Gasteiger charge is 2.07. The summed E-state index contributed by atoms with van der Waals surface area (Å²) < 4.78 is 0. The first-order valence-corrected chi connectivity index (χ1v) is 4.24. The number of aromatic carboxylic acids is 1. The van der Waals surface area contributed by atoms with Crippen LogP contribution < -0.4 is 5.11 Å². The molecular weight excluding hydrogens is 164 g/mol. The van der Waals surface area contributed by atoms with Gasteiger partial charge in [-0.25, -0.2) is 0 Å². The molecule has 0 N–H and O–H groups in total. The molecule has 0 bridgehead atoms. The summed E-state index contributed by atoms with van der Waals surface area (Å²) in [5, 5.41) is 10.8. The summed E-state index contributed by atoms with van der Waals surface area (Å²) in [5.41, 5.74) is 4.09. The highest BCUT2D eigenvalue weighted by molar-refractivity contribution is 5.90. The maximum Gasteiger partial charge on any atom is 0.0720 e. The van der Waals surface area contributed by atoms with Crippen LogP contribution in [0.4, 0.5) is 0 Å². The molecule has 0 atom stereocenters. The van der Waals surface area contributed by atoms with Crippen molar-refractivity contribution in [3.63, 3.8) is 0 Å². The Morgan fingerprint density at radius 1 is 1.08 bits per heavy atom. The van der Waals surface area contributed by atoms with Crippen LogP contribution in [0.1, 0.15) is 32.6 Å².